The number of ether oxygens (including phenoxy) is 1. The number of carbonyl (C=O) groups excluding carboxylic acids is 2. The summed E-state index contributed by atoms with van der Waals surface area (Å²) in [6.07, 6.45) is 0. The first-order valence-corrected chi connectivity index (χ1v) is 7.21. The molecule has 0 spiro atoms. The molecule has 0 radical (unpaired) electrons. The van der Waals surface area contributed by atoms with E-state index in [2.05, 4.69) is 5.32 Å². The lowest BCUT2D eigenvalue weighted by atomic mass is 10.2. The first-order chi connectivity index (χ1) is 10.0. The van der Waals surface area contributed by atoms with E-state index in [9.17, 15) is 9.59 Å². The van der Waals surface area contributed by atoms with E-state index < -0.39 is 0 Å². The Balaban J connectivity index is 2.35. The monoisotopic (exact) mass is 292 g/mol. The lowest BCUT2D eigenvalue weighted by molar-refractivity contribution is -0.140. The molecule has 0 bridgehead atoms. The Bertz CT molecular complexity index is 446. The van der Waals surface area contributed by atoms with Crippen molar-refractivity contribution in [3.8, 4) is 0 Å². The zero-order valence-electron chi connectivity index (χ0n) is 13.0. The number of hydrogen-bond acceptors (Lipinski definition) is 3. The second kappa shape index (κ2) is 9.13. The summed E-state index contributed by atoms with van der Waals surface area (Å²) in [5.41, 5.74) is 1.02. The molecular formula is C16H24N2O3. The molecule has 116 valence electrons. The Morgan fingerprint density at radius 1 is 1.24 bits per heavy atom. The average Bonchev–Trinajstić information content (AvgIpc) is 2.45. The lowest BCUT2D eigenvalue weighted by Crippen LogP contribution is -2.43. The number of nitrogens with one attached hydrogen (secondary N) is 1. The molecule has 0 aliphatic rings. The van der Waals surface area contributed by atoms with E-state index in [4.69, 9.17) is 4.74 Å². The fourth-order valence-electron chi connectivity index (χ4n) is 1.84. The highest BCUT2D eigenvalue weighted by Gasteiger charge is 2.15. The van der Waals surface area contributed by atoms with E-state index in [0.717, 1.165) is 5.56 Å². The predicted molar refractivity (Wildman–Crippen MR) is 81.6 cm³/mol. The first-order valence-electron chi connectivity index (χ1n) is 7.21. The summed E-state index contributed by atoms with van der Waals surface area (Å²) in [7, 11) is 0. The molecule has 1 rings (SSSR count). The third kappa shape index (κ3) is 6.90. The highest BCUT2D eigenvalue weighted by molar-refractivity contribution is 5.85. The second-order valence-corrected chi connectivity index (χ2v) is 5.11. The van der Waals surface area contributed by atoms with Crippen molar-refractivity contribution in [3.05, 3.63) is 35.9 Å². The zero-order valence-corrected chi connectivity index (χ0v) is 13.0. The van der Waals surface area contributed by atoms with Gasteiger partial charge < -0.3 is 15.0 Å². The fourth-order valence-corrected chi connectivity index (χ4v) is 1.84. The minimum atomic E-state index is -0.174. The van der Waals surface area contributed by atoms with Crippen LogP contribution in [-0.2, 0) is 20.9 Å². The summed E-state index contributed by atoms with van der Waals surface area (Å²) in [4.78, 5) is 25.2. The van der Waals surface area contributed by atoms with Gasteiger partial charge in [0, 0.05) is 12.6 Å². The van der Waals surface area contributed by atoms with Crippen molar-refractivity contribution in [1.29, 1.82) is 0 Å². The molecule has 0 fully saturated rings. The molecule has 0 saturated carbocycles. The van der Waals surface area contributed by atoms with Gasteiger partial charge in [-0.15, -0.1) is 0 Å². The number of nitrogens with zero attached hydrogens (tertiary/aromatic N) is 1. The normalized spacial score (nSPS) is 10.5. The first kappa shape index (κ1) is 17.2. The quantitative estimate of drug-likeness (QED) is 0.791. The van der Waals surface area contributed by atoms with Crippen LogP contribution in [0.3, 0.4) is 0 Å². The largest absolute Gasteiger partial charge is 0.367 e. The summed E-state index contributed by atoms with van der Waals surface area (Å²) >= 11 is 0. The summed E-state index contributed by atoms with van der Waals surface area (Å²) in [5, 5.41) is 2.77. The van der Waals surface area contributed by atoms with Gasteiger partial charge in [0.05, 0.1) is 13.2 Å². The predicted octanol–water partition coefficient (Wildman–Crippen LogP) is 1.58. The van der Waals surface area contributed by atoms with Crippen LogP contribution in [0, 0.1) is 0 Å². The van der Waals surface area contributed by atoms with Gasteiger partial charge in [0.25, 0.3) is 0 Å². The molecule has 5 nitrogen and oxygen atoms in total. The van der Waals surface area contributed by atoms with Crippen molar-refractivity contribution in [2.75, 3.05) is 19.7 Å². The van der Waals surface area contributed by atoms with Crippen LogP contribution in [0.2, 0.25) is 0 Å². The van der Waals surface area contributed by atoms with Crippen LogP contribution in [0.15, 0.2) is 30.3 Å². The van der Waals surface area contributed by atoms with Gasteiger partial charge in [0.2, 0.25) is 11.8 Å². The van der Waals surface area contributed by atoms with Gasteiger partial charge in [-0.05, 0) is 26.3 Å². The van der Waals surface area contributed by atoms with E-state index in [0.29, 0.717) is 13.2 Å². The van der Waals surface area contributed by atoms with Gasteiger partial charge in [-0.25, -0.2) is 0 Å². The standard InChI is InChI=1S/C16H24N2O3/c1-4-18(10-15(19)17-13(2)3)16(20)12-21-11-14-8-6-5-7-9-14/h5-9,13H,4,10-12H2,1-3H3,(H,17,19). The molecule has 5 heteroatoms. The Hall–Kier alpha value is -1.88. The van der Waals surface area contributed by atoms with Crippen LogP contribution in [0.1, 0.15) is 26.3 Å². The molecule has 1 N–H and O–H groups in total. The SMILES string of the molecule is CCN(CC(=O)NC(C)C)C(=O)COCc1ccccc1. The zero-order chi connectivity index (χ0) is 15.7. The summed E-state index contributed by atoms with van der Waals surface area (Å²) in [6.45, 7) is 6.55. The van der Waals surface area contributed by atoms with Crippen LogP contribution in [0.25, 0.3) is 0 Å². The van der Waals surface area contributed by atoms with Gasteiger partial charge in [-0.2, -0.15) is 0 Å². The van der Waals surface area contributed by atoms with Crippen LogP contribution >= 0.6 is 0 Å². The van der Waals surface area contributed by atoms with E-state index >= 15 is 0 Å². The molecular weight excluding hydrogens is 268 g/mol. The Morgan fingerprint density at radius 2 is 1.90 bits per heavy atom. The van der Waals surface area contributed by atoms with E-state index in [-0.39, 0.29) is 31.0 Å². The van der Waals surface area contributed by atoms with E-state index in [1.807, 2.05) is 51.1 Å². The van der Waals surface area contributed by atoms with Crippen molar-refractivity contribution >= 4 is 11.8 Å². The van der Waals surface area contributed by atoms with Crippen molar-refractivity contribution in [1.82, 2.24) is 10.2 Å². The number of amides is 2. The third-order valence-electron chi connectivity index (χ3n) is 2.86. The molecule has 2 amide bonds. The van der Waals surface area contributed by atoms with Crippen molar-refractivity contribution in [3.63, 3.8) is 0 Å². The smallest absolute Gasteiger partial charge is 0.249 e. The highest BCUT2D eigenvalue weighted by atomic mass is 16.5. The number of carbonyl (C=O) groups is 2. The molecule has 0 atom stereocenters. The van der Waals surface area contributed by atoms with Gasteiger partial charge in [0.15, 0.2) is 0 Å². The van der Waals surface area contributed by atoms with Crippen molar-refractivity contribution in [2.45, 2.75) is 33.4 Å². The molecule has 0 aliphatic heterocycles. The number of rotatable bonds is 8. The van der Waals surface area contributed by atoms with Gasteiger partial charge in [-0.3, -0.25) is 9.59 Å². The van der Waals surface area contributed by atoms with Crippen LogP contribution in [0.5, 0.6) is 0 Å². The van der Waals surface area contributed by atoms with E-state index in [1.165, 1.54) is 4.90 Å². The molecule has 21 heavy (non-hydrogen) atoms. The number of likely N-dealkylation sites (N-methyl/N-ethyl adjacent to an activating group) is 1. The Morgan fingerprint density at radius 3 is 2.48 bits per heavy atom. The Kier molecular flexibility index (Phi) is 7.46. The average molecular weight is 292 g/mol. The maximum Gasteiger partial charge on any atom is 0.249 e. The molecule has 1 aromatic carbocycles. The van der Waals surface area contributed by atoms with E-state index in [1.54, 1.807) is 0 Å². The Labute approximate surface area is 126 Å². The highest BCUT2D eigenvalue weighted by Crippen LogP contribution is 2.01. The lowest BCUT2D eigenvalue weighted by Gasteiger charge is -2.21. The second-order valence-electron chi connectivity index (χ2n) is 5.11. The molecule has 0 aliphatic carbocycles. The number of benzene rings is 1. The molecule has 0 saturated heterocycles. The van der Waals surface area contributed by atoms with Crippen LogP contribution < -0.4 is 5.32 Å². The fraction of sp³-hybridized carbons (Fsp3) is 0.500. The summed E-state index contributed by atoms with van der Waals surface area (Å²) < 4.78 is 5.40. The minimum absolute atomic E-state index is 0.0162. The summed E-state index contributed by atoms with van der Waals surface area (Å²) in [6, 6.07) is 9.74. The van der Waals surface area contributed by atoms with Crippen LogP contribution in [-0.4, -0.2) is 42.5 Å². The summed E-state index contributed by atoms with van der Waals surface area (Å²) in [5.74, 6) is -0.324. The van der Waals surface area contributed by atoms with Gasteiger partial charge >= 0.3 is 0 Å². The molecule has 0 unspecified atom stereocenters. The maximum absolute atomic E-state index is 12.0. The topological polar surface area (TPSA) is 58.6 Å². The molecule has 0 aromatic heterocycles. The van der Waals surface area contributed by atoms with Gasteiger partial charge in [0.1, 0.15) is 6.61 Å². The minimum Gasteiger partial charge on any atom is -0.367 e. The van der Waals surface area contributed by atoms with Crippen molar-refractivity contribution in [2.24, 2.45) is 0 Å². The van der Waals surface area contributed by atoms with Crippen molar-refractivity contribution < 1.29 is 14.3 Å². The third-order valence-corrected chi connectivity index (χ3v) is 2.86. The maximum atomic E-state index is 12.0. The van der Waals surface area contributed by atoms with Crippen LogP contribution in [0.4, 0.5) is 0 Å². The molecule has 1 aromatic rings. The molecule has 0 heterocycles. The van der Waals surface area contributed by atoms with Gasteiger partial charge in [-0.1, -0.05) is 30.3 Å². The number of hydrogen-bond donors (Lipinski definition) is 1.